The zero-order valence-electron chi connectivity index (χ0n) is 14.5. The molecule has 7 heteroatoms. The topological polar surface area (TPSA) is 39.3 Å². The minimum absolute atomic E-state index is 0. The molecule has 3 rings (SSSR count). The monoisotopic (exact) mass is 384 g/mol. The molecule has 1 aliphatic heterocycles. The van der Waals surface area contributed by atoms with Gasteiger partial charge in [-0.05, 0) is 54.2 Å². The van der Waals surface area contributed by atoms with Crippen LogP contribution in [0.25, 0.3) is 0 Å². The number of hydrogen-bond acceptors (Lipinski definition) is 5. The Morgan fingerprint density at radius 1 is 1.28 bits per heavy atom. The maximum Gasteiger partial charge on any atom is 0.123 e. The van der Waals surface area contributed by atoms with Crippen molar-refractivity contribution in [1.29, 1.82) is 0 Å². The third-order valence-electron chi connectivity index (χ3n) is 4.62. The average Bonchev–Trinajstić information content (AvgIpc) is 3.23. The molecule has 1 aromatic heterocycles. The van der Waals surface area contributed by atoms with Gasteiger partial charge in [0, 0.05) is 31.6 Å². The highest BCUT2D eigenvalue weighted by Crippen LogP contribution is 2.25. The van der Waals surface area contributed by atoms with Gasteiger partial charge in [0.2, 0.25) is 0 Å². The largest absolute Gasteiger partial charge is 0.314 e. The molecule has 3 atom stereocenters. The third-order valence-corrected chi connectivity index (χ3v) is 5.32. The van der Waals surface area contributed by atoms with Crippen molar-refractivity contribution in [3.63, 3.8) is 0 Å². The van der Waals surface area contributed by atoms with E-state index in [1.54, 1.807) is 11.3 Å². The first-order valence-electron chi connectivity index (χ1n) is 8.28. The average molecular weight is 385 g/mol. The number of likely N-dealkylation sites (N-methyl/N-ethyl adjacent to an activating group) is 1. The molecule has 3 N–H and O–H groups in total. The highest BCUT2D eigenvalue weighted by atomic mass is 35.5. The highest BCUT2D eigenvalue weighted by Gasteiger charge is 2.28. The fourth-order valence-electron chi connectivity index (χ4n) is 3.22. The van der Waals surface area contributed by atoms with Crippen LogP contribution in [0, 0.1) is 11.7 Å². The van der Waals surface area contributed by atoms with Crippen molar-refractivity contribution >= 4 is 23.7 Å². The Hall–Kier alpha value is -1.02. The number of hydrogen-bond donors (Lipinski definition) is 3. The van der Waals surface area contributed by atoms with Crippen molar-refractivity contribution in [2.45, 2.75) is 12.1 Å². The summed E-state index contributed by atoms with van der Waals surface area (Å²) < 4.78 is 13.1. The molecule has 0 amide bonds. The normalized spacial score (nSPS) is 21.3. The number of thiophene rings is 1. The Bertz CT molecular complexity index is 621. The molecule has 1 aromatic carbocycles. The van der Waals surface area contributed by atoms with Crippen molar-refractivity contribution in [2.24, 2.45) is 5.92 Å². The molecule has 0 spiro atoms. The van der Waals surface area contributed by atoms with E-state index in [0.717, 1.165) is 25.2 Å². The van der Waals surface area contributed by atoms with E-state index in [0.29, 0.717) is 12.0 Å². The summed E-state index contributed by atoms with van der Waals surface area (Å²) in [5.74, 6) is 0.240. The molecular weight excluding hydrogens is 359 g/mol. The number of nitrogens with zero attached hydrogens (tertiary/aromatic N) is 1. The van der Waals surface area contributed by atoms with E-state index in [1.807, 2.05) is 12.1 Å². The van der Waals surface area contributed by atoms with Crippen molar-refractivity contribution in [1.82, 2.24) is 21.1 Å². The van der Waals surface area contributed by atoms with Gasteiger partial charge in [0.1, 0.15) is 5.82 Å². The van der Waals surface area contributed by atoms with E-state index in [9.17, 15) is 4.39 Å². The number of halogens is 2. The van der Waals surface area contributed by atoms with Crippen LogP contribution in [0.5, 0.6) is 0 Å². The summed E-state index contributed by atoms with van der Waals surface area (Å²) in [5, 5.41) is 7.96. The molecule has 0 radical (unpaired) electrons. The van der Waals surface area contributed by atoms with Gasteiger partial charge in [-0.2, -0.15) is 11.3 Å². The molecule has 25 heavy (non-hydrogen) atoms. The SMILES string of the molecule is CN(C)C(CNCC1CNNC1c1ccc(F)cc1)c1ccsc1.Cl. The summed E-state index contributed by atoms with van der Waals surface area (Å²) in [6.45, 7) is 2.73. The zero-order chi connectivity index (χ0) is 16.9. The van der Waals surface area contributed by atoms with E-state index in [-0.39, 0.29) is 24.3 Å². The number of rotatable bonds is 7. The number of nitrogens with one attached hydrogen (secondary N) is 3. The molecule has 2 heterocycles. The van der Waals surface area contributed by atoms with Crippen molar-refractivity contribution in [3.05, 3.63) is 58.0 Å². The molecule has 1 aliphatic rings. The van der Waals surface area contributed by atoms with Crippen molar-refractivity contribution in [3.8, 4) is 0 Å². The summed E-state index contributed by atoms with van der Waals surface area (Å²) in [6, 6.07) is 9.55. The first-order chi connectivity index (χ1) is 11.6. The maximum atomic E-state index is 13.1. The van der Waals surface area contributed by atoms with E-state index >= 15 is 0 Å². The molecule has 0 aliphatic carbocycles. The number of hydrazine groups is 1. The van der Waals surface area contributed by atoms with Crippen molar-refractivity contribution in [2.75, 3.05) is 33.7 Å². The summed E-state index contributed by atoms with van der Waals surface area (Å²) in [6.07, 6.45) is 0. The second kappa shape index (κ2) is 9.62. The van der Waals surface area contributed by atoms with E-state index in [2.05, 4.69) is 52.0 Å². The first-order valence-corrected chi connectivity index (χ1v) is 9.22. The quantitative estimate of drug-likeness (QED) is 0.686. The van der Waals surface area contributed by atoms with Crippen LogP contribution < -0.4 is 16.2 Å². The van der Waals surface area contributed by atoms with Gasteiger partial charge in [0.05, 0.1) is 6.04 Å². The smallest absolute Gasteiger partial charge is 0.123 e. The minimum Gasteiger partial charge on any atom is -0.314 e. The summed E-state index contributed by atoms with van der Waals surface area (Å²) >= 11 is 1.74. The van der Waals surface area contributed by atoms with Crippen LogP contribution in [0.3, 0.4) is 0 Å². The van der Waals surface area contributed by atoms with Crippen LogP contribution >= 0.6 is 23.7 Å². The zero-order valence-corrected chi connectivity index (χ0v) is 16.2. The Labute approximate surface area is 159 Å². The second-order valence-electron chi connectivity index (χ2n) is 6.51. The lowest BCUT2D eigenvalue weighted by Crippen LogP contribution is -2.35. The Morgan fingerprint density at radius 2 is 2.04 bits per heavy atom. The lowest BCUT2D eigenvalue weighted by Gasteiger charge is -2.26. The lowest BCUT2D eigenvalue weighted by atomic mass is 9.94. The third kappa shape index (κ3) is 5.23. The van der Waals surface area contributed by atoms with Crippen LogP contribution in [-0.4, -0.2) is 38.6 Å². The van der Waals surface area contributed by atoms with Gasteiger partial charge >= 0.3 is 0 Å². The second-order valence-corrected chi connectivity index (χ2v) is 7.29. The first kappa shape index (κ1) is 20.3. The predicted molar refractivity (Wildman–Crippen MR) is 105 cm³/mol. The van der Waals surface area contributed by atoms with Crippen LogP contribution in [0.2, 0.25) is 0 Å². The fraction of sp³-hybridized carbons (Fsp3) is 0.444. The lowest BCUT2D eigenvalue weighted by molar-refractivity contribution is 0.283. The van der Waals surface area contributed by atoms with E-state index in [4.69, 9.17) is 0 Å². The predicted octanol–water partition coefficient (Wildman–Crippen LogP) is 2.97. The Balaban J connectivity index is 0.00000225. The molecular formula is C18H26ClFN4S. The highest BCUT2D eigenvalue weighted by molar-refractivity contribution is 7.07. The van der Waals surface area contributed by atoms with E-state index in [1.165, 1.54) is 17.7 Å². The standard InChI is InChI=1S/C18H25FN4S.ClH/c1-23(2)17(14-7-8-24-12-14)11-20-9-15-10-21-22-18(15)13-3-5-16(19)6-4-13;/h3-8,12,15,17-18,20-22H,9-11H2,1-2H3;1H. The van der Waals surface area contributed by atoms with Gasteiger partial charge in [0.25, 0.3) is 0 Å². The van der Waals surface area contributed by atoms with E-state index < -0.39 is 0 Å². The molecule has 0 bridgehead atoms. The van der Waals surface area contributed by atoms with Crippen LogP contribution in [0.15, 0.2) is 41.1 Å². The molecule has 1 fully saturated rings. The molecule has 138 valence electrons. The Kier molecular flexibility index (Phi) is 7.81. The van der Waals surface area contributed by atoms with Gasteiger partial charge < -0.3 is 10.2 Å². The molecule has 0 saturated carbocycles. The van der Waals surface area contributed by atoms with Crippen LogP contribution in [0.4, 0.5) is 4.39 Å². The van der Waals surface area contributed by atoms with Gasteiger partial charge in [-0.25, -0.2) is 9.82 Å². The maximum absolute atomic E-state index is 13.1. The van der Waals surface area contributed by atoms with Crippen molar-refractivity contribution < 1.29 is 4.39 Å². The molecule has 2 aromatic rings. The summed E-state index contributed by atoms with van der Waals surface area (Å²) in [7, 11) is 4.23. The Morgan fingerprint density at radius 3 is 2.68 bits per heavy atom. The van der Waals surface area contributed by atoms with Gasteiger partial charge in [-0.15, -0.1) is 12.4 Å². The van der Waals surface area contributed by atoms with Gasteiger partial charge in [0.15, 0.2) is 0 Å². The van der Waals surface area contributed by atoms with Gasteiger partial charge in [-0.1, -0.05) is 12.1 Å². The summed E-state index contributed by atoms with van der Waals surface area (Å²) in [5.41, 5.74) is 9.02. The molecule has 3 unspecified atom stereocenters. The minimum atomic E-state index is -0.191. The summed E-state index contributed by atoms with van der Waals surface area (Å²) in [4.78, 5) is 2.25. The fourth-order valence-corrected chi connectivity index (χ4v) is 3.93. The van der Waals surface area contributed by atoms with Crippen LogP contribution in [0.1, 0.15) is 23.2 Å². The molecule has 4 nitrogen and oxygen atoms in total. The molecule has 1 saturated heterocycles. The number of benzene rings is 1. The van der Waals surface area contributed by atoms with Gasteiger partial charge in [-0.3, -0.25) is 5.43 Å². The van der Waals surface area contributed by atoms with Crippen LogP contribution in [-0.2, 0) is 0 Å².